The third-order valence-electron chi connectivity index (χ3n) is 1.47. The second-order valence-corrected chi connectivity index (χ2v) is 3.49. The van der Waals surface area contributed by atoms with Crippen molar-refractivity contribution >= 4 is 22.4 Å². The molecule has 0 amide bonds. The molecule has 1 aromatic heterocycles. The highest BCUT2D eigenvalue weighted by Crippen LogP contribution is 2.15. The summed E-state index contributed by atoms with van der Waals surface area (Å²) >= 11 is 1.40. The SMILES string of the molecule is COCCNc1nc(CC(=O)O)cs1. The number of carboxylic acids is 1. The molecule has 6 heteroatoms. The van der Waals surface area contributed by atoms with Crippen molar-refractivity contribution < 1.29 is 14.6 Å². The second kappa shape index (κ2) is 5.56. The van der Waals surface area contributed by atoms with Crippen molar-refractivity contribution in [2.75, 3.05) is 25.6 Å². The van der Waals surface area contributed by atoms with Crippen LogP contribution in [0.3, 0.4) is 0 Å². The van der Waals surface area contributed by atoms with E-state index in [-0.39, 0.29) is 6.42 Å². The third kappa shape index (κ3) is 3.71. The van der Waals surface area contributed by atoms with Crippen LogP contribution in [0.1, 0.15) is 5.69 Å². The summed E-state index contributed by atoms with van der Waals surface area (Å²) in [6.07, 6.45) is -0.0253. The molecule has 1 rings (SSSR count). The monoisotopic (exact) mass is 216 g/mol. The summed E-state index contributed by atoms with van der Waals surface area (Å²) in [4.78, 5) is 14.5. The van der Waals surface area contributed by atoms with Gasteiger partial charge in [-0.25, -0.2) is 4.98 Å². The minimum absolute atomic E-state index is 0.0253. The molecule has 0 unspecified atom stereocenters. The molecule has 78 valence electrons. The molecule has 0 aliphatic rings. The van der Waals surface area contributed by atoms with Crippen LogP contribution in [0.5, 0.6) is 0 Å². The number of nitrogens with zero attached hydrogens (tertiary/aromatic N) is 1. The summed E-state index contributed by atoms with van der Waals surface area (Å²) in [7, 11) is 1.62. The van der Waals surface area contributed by atoms with Crippen molar-refractivity contribution in [1.29, 1.82) is 0 Å². The van der Waals surface area contributed by atoms with Crippen LogP contribution in [0, 0.1) is 0 Å². The van der Waals surface area contributed by atoms with Gasteiger partial charge in [-0.3, -0.25) is 4.79 Å². The maximum atomic E-state index is 10.4. The van der Waals surface area contributed by atoms with Crippen LogP contribution in [0.15, 0.2) is 5.38 Å². The molecule has 1 heterocycles. The molecule has 0 saturated heterocycles. The minimum Gasteiger partial charge on any atom is -0.481 e. The Morgan fingerprint density at radius 2 is 2.57 bits per heavy atom. The molecule has 0 aliphatic heterocycles. The van der Waals surface area contributed by atoms with Crippen LogP contribution in [-0.4, -0.2) is 36.3 Å². The zero-order valence-electron chi connectivity index (χ0n) is 7.82. The Labute approximate surface area is 85.7 Å². The van der Waals surface area contributed by atoms with Gasteiger partial charge in [-0.1, -0.05) is 0 Å². The van der Waals surface area contributed by atoms with Gasteiger partial charge in [-0.15, -0.1) is 11.3 Å². The number of hydrogen-bond donors (Lipinski definition) is 2. The van der Waals surface area contributed by atoms with Gasteiger partial charge >= 0.3 is 5.97 Å². The smallest absolute Gasteiger partial charge is 0.309 e. The first-order valence-corrected chi connectivity index (χ1v) is 4.99. The van der Waals surface area contributed by atoms with Gasteiger partial charge < -0.3 is 15.2 Å². The second-order valence-electron chi connectivity index (χ2n) is 2.63. The number of nitrogens with one attached hydrogen (secondary N) is 1. The van der Waals surface area contributed by atoms with Gasteiger partial charge in [0, 0.05) is 19.0 Å². The van der Waals surface area contributed by atoms with Gasteiger partial charge in [0.25, 0.3) is 0 Å². The number of aromatic nitrogens is 1. The summed E-state index contributed by atoms with van der Waals surface area (Å²) in [5, 5.41) is 14.0. The van der Waals surface area contributed by atoms with Crippen LogP contribution < -0.4 is 5.32 Å². The molecular formula is C8H12N2O3S. The van der Waals surface area contributed by atoms with Crippen molar-refractivity contribution in [3.63, 3.8) is 0 Å². The maximum Gasteiger partial charge on any atom is 0.309 e. The predicted molar refractivity (Wildman–Crippen MR) is 53.8 cm³/mol. The van der Waals surface area contributed by atoms with Gasteiger partial charge in [0.15, 0.2) is 5.13 Å². The summed E-state index contributed by atoms with van der Waals surface area (Å²) in [6.45, 7) is 1.28. The summed E-state index contributed by atoms with van der Waals surface area (Å²) in [5.41, 5.74) is 0.586. The van der Waals surface area contributed by atoms with E-state index in [9.17, 15) is 4.79 Å². The van der Waals surface area contributed by atoms with Crippen LogP contribution in [0.2, 0.25) is 0 Å². The van der Waals surface area contributed by atoms with Gasteiger partial charge in [-0.2, -0.15) is 0 Å². The fourth-order valence-electron chi connectivity index (χ4n) is 0.884. The van der Waals surface area contributed by atoms with Crippen molar-refractivity contribution in [3.05, 3.63) is 11.1 Å². The number of carboxylic acid groups (broad SMARTS) is 1. The molecule has 0 aliphatic carbocycles. The highest BCUT2D eigenvalue weighted by molar-refractivity contribution is 7.13. The molecule has 5 nitrogen and oxygen atoms in total. The Morgan fingerprint density at radius 3 is 3.21 bits per heavy atom. The van der Waals surface area contributed by atoms with E-state index < -0.39 is 5.97 Å². The van der Waals surface area contributed by atoms with Gasteiger partial charge in [0.2, 0.25) is 0 Å². The van der Waals surface area contributed by atoms with Crippen LogP contribution in [0.4, 0.5) is 5.13 Å². The molecule has 1 aromatic rings. The topological polar surface area (TPSA) is 71.5 Å². The standard InChI is InChI=1S/C8H12N2O3S/c1-13-3-2-9-8-10-6(5-14-8)4-7(11)12/h5H,2-4H2,1H3,(H,9,10)(H,11,12). The first-order valence-electron chi connectivity index (χ1n) is 4.11. The van der Waals surface area contributed by atoms with Crippen molar-refractivity contribution in [1.82, 2.24) is 4.98 Å². The molecule has 2 N–H and O–H groups in total. The largest absolute Gasteiger partial charge is 0.481 e. The number of hydrogen-bond acceptors (Lipinski definition) is 5. The molecule has 0 bridgehead atoms. The van der Waals surface area contributed by atoms with Crippen LogP contribution in [-0.2, 0) is 16.0 Å². The molecule has 0 spiro atoms. The summed E-state index contributed by atoms with van der Waals surface area (Å²) in [6, 6.07) is 0. The number of methoxy groups -OCH3 is 1. The summed E-state index contributed by atoms with van der Waals surface area (Å²) in [5.74, 6) is -0.862. The first kappa shape index (κ1) is 10.9. The molecule has 0 aromatic carbocycles. The van der Waals surface area contributed by atoms with Gasteiger partial charge in [0.1, 0.15) is 0 Å². The Balaban J connectivity index is 2.38. The Kier molecular flexibility index (Phi) is 4.34. The number of anilines is 1. The molecule has 0 fully saturated rings. The van der Waals surface area contributed by atoms with E-state index in [1.54, 1.807) is 12.5 Å². The molecular weight excluding hydrogens is 204 g/mol. The van der Waals surface area contributed by atoms with Crippen molar-refractivity contribution in [2.45, 2.75) is 6.42 Å². The Bertz CT molecular complexity index is 301. The van der Waals surface area contributed by atoms with Gasteiger partial charge in [0.05, 0.1) is 18.7 Å². The van der Waals surface area contributed by atoms with Gasteiger partial charge in [-0.05, 0) is 0 Å². The number of rotatable bonds is 6. The number of ether oxygens (including phenoxy) is 1. The van der Waals surface area contributed by atoms with E-state index in [0.717, 1.165) is 5.13 Å². The Morgan fingerprint density at radius 1 is 1.79 bits per heavy atom. The molecule has 0 radical (unpaired) electrons. The van der Waals surface area contributed by atoms with Crippen LogP contribution >= 0.6 is 11.3 Å². The number of carbonyl (C=O) groups is 1. The van der Waals surface area contributed by atoms with E-state index >= 15 is 0 Å². The fourth-order valence-corrected chi connectivity index (χ4v) is 1.62. The van der Waals surface area contributed by atoms with Crippen molar-refractivity contribution in [2.24, 2.45) is 0 Å². The van der Waals surface area contributed by atoms with E-state index in [2.05, 4.69) is 10.3 Å². The highest BCUT2D eigenvalue weighted by atomic mass is 32.1. The third-order valence-corrected chi connectivity index (χ3v) is 2.32. The van der Waals surface area contributed by atoms with Crippen molar-refractivity contribution in [3.8, 4) is 0 Å². The molecule has 14 heavy (non-hydrogen) atoms. The van der Waals surface area contributed by atoms with E-state index in [4.69, 9.17) is 9.84 Å². The highest BCUT2D eigenvalue weighted by Gasteiger charge is 2.05. The van der Waals surface area contributed by atoms with E-state index in [0.29, 0.717) is 18.8 Å². The molecule has 0 saturated carbocycles. The fraction of sp³-hybridized carbons (Fsp3) is 0.500. The summed E-state index contributed by atoms with van der Waals surface area (Å²) < 4.78 is 4.86. The lowest BCUT2D eigenvalue weighted by Crippen LogP contribution is -2.07. The first-order chi connectivity index (χ1) is 6.72. The average Bonchev–Trinajstić information content (AvgIpc) is 2.52. The zero-order chi connectivity index (χ0) is 10.4. The lowest BCUT2D eigenvalue weighted by molar-refractivity contribution is -0.136. The number of thiazole rings is 1. The zero-order valence-corrected chi connectivity index (χ0v) is 8.63. The van der Waals surface area contributed by atoms with Crippen LogP contribution in [0.25, 0.3) is 0 Å². The Hall–Kier alpha value is -1.14. The average molecular weight is 216 g/mol. The predicted octanol–water partition coefficient (Wildman–Crippen LogP) is 0.828. The minimum atomic E-state index is -0.862. The quantitative estimate of drug-likeness (QED) is 0.689. The number of aliphatic carboxylic acids is 1. The maximum absolute atomic E-state index is 10.4. The van der Waals surface area contributed by atoms with E-state index in [1.807, 2.05) is 0 Å². The lowest BCUT2D eigenvalue weighted by Gasteiger charge is -1.99. The normalized spacial score (nSPS) is 10.1. The molecule has 0 atom stereocenters. The lowest BCUT2D eigenvalue weighted by atomic mass is 10.3. The van der Waals surface area contributed by atoms with E-state index in [1.165, 1.54) is 11.3 Å².